The summed E-state index contributed by atoms with van der Waals surface area (Å²) in [5, 5.41) is 0. The molecule has 4 aliphatic rings. The molecule has 0 unspecified atom stereocenters. The van der Waals surface area contributed by atoms with E-state index in [0.717, 1.165) is 42.3 Å². The van der Waals surface area contributed by atoms with E-state index in [9.17, 15) is 0 Å². The quantitative estimate of drug-likeness (QED) is 0.720. The highest BCUT2D eigenvalue weighted by molar-refractivity contribution is 8.00. The highest BCUT2D eigenvalue weighted by Gasteiger charge is 2.50. The van der Waals surface area contributed by atoms with Crippen LogP contribution in [0.15, 0.2) is 0 Å². The highest BCUT2D eigenvalue weighted by Crippen LogP contribution is 2.57. The smallest absolute Gasteiger partial charge is 0.0545 e. The normalized spacial score (nSPS) is 33.0. The Bertz CT molecular complexity index is 291. The second kappa shape index (κ2) is 5.50. The molecule has 2 aliphatic carbocycles. The summed E-state index contributed by atoms with van der Waals surface area (Å²) in [6.07, 6.45) is 5.95. The number of rotatable bonds is 2. The van der Waals surface area contributed by atoms with Gasteiger partial charge in [0, 0.05) is 5.41 Å². The van der Waals surface area contributed by atoms with Gasteiger partial charge in [-0.1, -0.05) is 27.7 Å². The van der Waals surface area contributed by atoms with Crippen molar-refractivity contribution < 1.29 is 4.74 Å². The molecule has 2 saturated carbocycles. The molecule has 0 radical (unpaired) electrons. The number of hydrogen-bond donors (Lipinski definition) is 0. The van der Waals surface area contributed by atoms with Crippen molar-refractivity contribution in [3.8, 4) is 0 Å². The van der Waals surface area contributed by atoms with Gasteiger partial charge in [0.2, 0.25) is 0 Å². The first kappa shape index (κ1) is 15.2. The van der Waals surface area contributed by atoms with E-state index < -0.39 is 0 Å². The number of ether oxygens (including phenoxy) is 1. The SMILES string of the molecule is CC(C)C1CC2(COC2)C1.CC(C)C1CC2(CSC2)C1. The average Bonchev–Trinajstić information content (AvgIpc) is 2.07. The van der Waals surface area contributed by atoms with Crippen molar-refractivity contribution in [3.63, 3.8) is 0 Å². The molecule has 2 heterocycles. The molecule has 2 spiro atoms. The lowest BCUT2D eigenvalue weighted by Crippen LogP contribution is -2.53. The summed E-state index contributed by atoms with van der Waals surface area (Å²) in [5.74, 6) is 6.85. The standard InChI is InChI=1S/C9H16O.C9H16S/c2*1-7(2)8-3-9(4-8)5-10-6-9/h2*7-8H,3-6H2,1-2H3. The van der Waals surface area contributed by atoms with Crippen LogP contribution >= 0.6 is 11.8 Å². The van der Waals surface area contributed by atoms with Crippen molar-refractivity contribution in [1.82, 2.24) is 0 Å². The molecule has 116 valence electrons. The maximum Gasteiger partial charge on any atom is 0.0545 e. The summed E-state index contributed by atoms with van der Waals surface area (Å²) >= 11 is 2.13. The van der Waals surface area contributed by atoms with E-state index in [0.29, 0.717) is 5.41 Å². The van der Waals surface area contributed by atoms with Gasteiger partial charge in [-0.15, -0.1) is 0 Å². The Labute approximate surface area is 129 Å². The van der Waals surface area contributed by atoms with Crippen molar-refractivity contribution in [3.05, 3.63) is 0 Å². The van der Waals surface area contributed by atoms with Gasteiger partial charge in [0.1, 0.15) is 0 Å². The Morgan fingerprint density at radius 1 is 0.800 bits per heavy atom. The first-order chi connectivity index (χ1) is 9.44. The largest absolute Gasteiger partial charge is 0.380 e. The number of hydrogen-bond acceptors (Lipinski definition) is 2. The van der Waals surface area contributed by atoms with Gasteiger partial charge in [-0.2, -0.15) is 11.8 Å². The Balaban J connectivity index is 0.000000121. The topological polar surface area (TPSA) is 9.23 Å². The van der Waals surface area contributed by atoms with Gasteiger partial charge >= 0.3 is 0 Å². The van der Waals surface area contributed by atoms with Crippen LogP contribution in [0.4, 0.5) is 0 Å². The molecular weight excluding hydrogens is 264 g/mol. The van der Waals surface area contributed by atoms with E-state index in [1.165, 1.54) is 37.2 Å². The first-order valence-corrected chi connectivity index (χ1v) is 9.75. The van der Waals surface area contributed by atoms with E-state index in [1.54, 1.807) is 0 Å². The van der Waals surface area contributed by atoms with Gasteiger partial charge in [0.25, 0.3) is 0 Å². The third-order valence-electron chi connectivity index (χ3n) is 6.30. The van der Waals surface area contributed by atoms with Crippen LogP contribution in [0, 0.1) is 34.5 Å². The molecule has 0 amide bonds. The van der Waals surface area contributed by atoms with Crippen molar-refractivity contribution >= 4 is 11.8 Å². The zero-order valence-corrected chi connectivity index (χ0v) is 14.6. The first-order valence-electron chi connectivity index (χ1n) is 8.59. The molecule has 20 heavy (non-hydrogen) atoms. The van der Waals surface area contributed by atoms with Crippen LogP contribution in [0.1, 0.15) is 53.4 Å². The lowest BCUT2D eigenvalue weighted by molar-refractivity contribution is -0.185. The summed E-state index contributed by atoms with van der Waals surface area (Å²) in [4.78, 5) is 0. The molecule has 1 nitrogen and oxygen atoms in total. The fourth-order valence-corrected chi connectivity index (χ4v) is 5.55. The van der Waals surface area contributed by atoms with E-state index in [1.807, 2.05) is 0 Å². The fraction of sp³-hybridized carbons (Fsp3) is 1.00. The molecule has 2 heteroatoms. The van der Waals surface area contributed by atoms with Gasteiger partial charge in [-0.05, 0) is 66.3 Å². The third-order valence-corrected chi connectivity index (χ3v) is 7.93. The molecule has 0 aromatic heterocycles. The number of thioether (sulfide) groups is 1. The molecule has 0 N–H and O–H groups in total. The van der Waals surface area contributed by atoms with Gasteiger partial charge in [-0.3, -0.25) is 0 Å². The Morgan fingerprint density at radius 2 is 1.25 bits per heavy atom. The van der Waals surface area contributed by atoms with Gasteiger partial charge < -0.3 is 4.74 Å². The summed E-state index contributed by atoms with van der Waals surface area (Å²) in [6, 6.07) is 0. The zero-order valence-electron chi connectivity index (χ0n) is 13.8. The molecule has 2 aliphatic heterocycles. The van der Waals surface area contributed by atoms with E-state index >= 15 is 0 Å². The van der Waals surface area contributed by atoms with Crippen LogP contribution in [0.2, 0.25) is 0 Å². The van der Waals surface area contributed by atoms with Gasteiger partial charge in [-0.25, -0.2) is 0 Å². The molecule has 4 fully saturated rings. The fourth-order valence-electron chi connectivity index (χ4n) is 4.30. The Kier molecular flexibility index (Phi) is 4.18. The predicted octanol–water partition coefficient (Wildman–Crippen LogP) is 4.85. The van der Waals surface area contributed by atoms with E-state index in [2.05, 4.69) is 39.5 Å². The summed E-state index contributed by atoms with van der Waals surface area (Å²) in [7, 11) is 0. The lowest BCUT2D eigenvalue weighted by atomic mass is 9.58. The van der Waals surface area contributed by atoms with Crippen LogP contribution < -0.4 is 0 Å². The average molecular weight is 297 g/mol. The van der Waals surface area contributed by atoms with Crippen LogP contribution in [0.3, 0.4) is 0 Å². The minimum atomic E-state index is 0.676. The van der Waals surface area contributed by atoms with Gasteiger partial charge in [0.15, 0.2) is 0 Å². The Morgan fingerprint density at radius 3 is 1.50 bits per heavy atom. The predicted molar refractivity (Wildman–Crippen MR) is 88.1 cm³/mol. The molecule has 0 bridgehead atoms. The van der Waals surface area contributed by atoms with E-state index in [-0.39, 0.29) is 0 Å². The monoisotopic (exact) mass is 296 g/mol. The van der Waals surface area contributed by atoms with E-state index in [4.69, 9.17) is 4.74 Å². The molecule has 2 saturated heterocycles. The second-order valence-electron chi connectivity index (χ2n) is 8.81. The zero-order chi connectivity index (χ0) is 14.4. The van der Waals surface area contributed by atoms with Crippen LogP contribution in [-0.4, -0.2) is 24.7 Å². The summed E-state index contributed by atoms with van der Waals surface area (Å²) in [6.45, 7) is 11.5. The van der Waals surface area contributed by atoms with Crippen molar-refractivity contribution in [2.45, 2.75) is 53.4 Å². The molecular formula is C18H32OS. The van der Waals surface area contributed by atoms with Gasteiger partial charge in [0.05, 0.1) is 13.2 Å². The lowest BCUT2D eigenvalue weighted by Gasteiger charge is -2.55. The van der Waals surface area contributed by atoms with Crippen molar-refractivity contribution in [2.24, 2.45) is 34.5 Å². The summed E-state index contributed by atoms with van der Waals surface area (Å²) < 4.78 is 5.21. The van der Waals surface area contributed by atoms with Crippen LogP contribution in [-0.2, 0) is 4.74 Å². The van der Waals surface area contributed by atoms with Crippen LogP contribution in [0.5, 0.6) is 0 Å². The highest BCUT2D eigenvalue weighted by atomic mass is 32.2. The molecule has 0 aromatic rings. The van der Waals surface area contributed by atoms with Crippen molar-refractivity contribution in [1.29, 1.82) is 0 Å². The molecule has 4 rings (SSSR count). The second-order valence-corrected chi connectivity index (χ2v) is 9.80. The Hall–Kier alpha value is 0.310. The molecule has 0 aromatic carbocycles. The van der Waals surface area contributed by atoms with Crippen LogP contribution in [0.25, 0.3) is 0 Å². The maximum absolute atomic E-state index is 5.21. The minimum Gasteiger partial charge on any atom is -0.380 e. The minimum absolute atomic E-state index is 0.676. The third kappa shape index (κ3) is 2.79. The summed E-state index contributed by atoms with van der Waals surface area (Å²) in [5.41, 5.74) is 1.54. The maximum atomic E-state index is 5.21. The molecule has 0 atom stereocenters. The van der Waals surface area contributed by atoms with Crippen molar-refractivity contribution in [2.75, 3.05) is 24.7 Å².